The Kier molecular flexibility index (Phi) is 3.31. The first-order valence-corrected chi connectivity index (χ1v) is 6.08. The van der Waals surface area contributed by atoms with Gasteiger partial charge in [-0.3, -0.25) is 0 Å². The van der Waals surface area contributed by atoms with E-state index in [1.54, 1.807) is 0 Å². The van der Waals surface area contributed by atoms with Gasteiger partial charge in [0.05, 0.1) is 11.2 Å². The van der Waals surface area contributed by atoms with Crippen molar-refractivity contribution in [2.24, 2.45) is 5.92 Å². The molecule has 1 fully saturated rings. The summed E-state index contributed by atoms with van der Waals surface area (Å²) in [7, 11) is 0. The number of hydrogen-bond donors (Lipinski definition) is 0. The third kappa shape index (κ3) is 2.53. The van der Waals surface area contributed by atoms with Gasteiger partial charge >= 0.3 is 0 Å². The molecule has 0 N–H and O–H groups in total. The SMILES string of the molecule is O=C([O-])C(Sc1ccccc1)C1CCC1. The van der Waals surface area contributed by atoms with Crippen molar-refractivity contribution < 1.29 is 9.90 Å². The second kappa shape index (κ2) is 4.71. The van der Waals surface area contributed by atoms with Gasteiger partial charge in [0.25, 0.3) is 0 Å². The Morgan fingerprint density at radius 2 is 2.00 bits per heavy atom. The molecule has 0 spiro atoms. The van der Waals surface area contributed by atoms with Gasteiger partial charge in [0, 0.05) is 4.90 Å². The topological polar surface area (TPSA) is 40.1 Å². The van der Waals surface area contributed by atoms with Crippen LogP contribution in [0.4, 0.5) is 0 Å². The molecule has 1 saturated carbocycles. The van der Waals surface area contributed by atoms with E-state index in [1.165, 1.54) is 11.8 Å². The zero-order chi connectivity index (χ0) is 10.7. The molecule has 1 aromatic carbocycles. The molecule has 0 bridgehead atoms. The zero-order valence-electron chi connectivity index (χ0n) is 8.39. The van der Waals surface area contributed by atoms with Crippen molar-refractivity contribution in [2.75, 3.05) is 0 Å². The van der Waals surface area contributed by atoms with Gasteiger partial charge in [-0.15, -0.1) is 11.8 Å². The van der Waals surface area contributed by atoms with E-state index in [9.17, 15) is 9.90 Å². The first-order chi connectivity index (χ1) is 7.27. The molecular weight excluding hydrogens is 208 g/mol. The van der Waals surface area contributed by atoms with Crippen LogP contribution in [-0.4, -0.2) is 11.2 Å². The minimum Gasteiger partial charge on any atom is -0.549 e. The summed E-state index contributed by atoms with van der Waals surface area (Å²) >= 11 is 1.42. The quantitative estimate of drug-likeness (QED) is 0.726. The summed E-state index contributed by atoms with van der Waals surface area (Å²) in [6, 6.07) is 9.67. The number of aliphatic carboxylic acids is 1. The molecule has 1 atom stereocenters. The molecule has 1 unspecified atom stereocenters. The van der Waals surface area contributed by atoms with Crippen LogP contribution in [-0.2, 0) is 4.79 Å². The van der Waals surface area contributed by atoms with Crippen LogP contribution in [0.3, 0.4) is 0 Å². The molecule has 0 aliphatic heterocycles. The molecule has 0 heterocycles. The molecule has 2 rings (SSSR count). The van der Waals surface area contributed by atoms with Crippen molar-refractivity contribution in [1.29, 1.82) is 0 Å². The average molecular weight is 221 g/mol. The maximum atomic E-state index is 11.0. The molecule has 0 saturated heterocycles. The van der Waals surface area contributed by atoms with Crippen LogP contribution in [0, 0.1) is 5.92 Å². The van der Waals surface area contributed by atoms with Crippen LogP contribution in [0.25, 0.3) is 0 Å². The first kappa shape index (κ1) is 10.6. The van der Waals surface area contributed by atoms with Crippen molar-refractivity contribution in [3.05, 3.63) is 30.3 Å². The highest BCUT2D eigenvalue weighted by Crippen LogP contribution is 2.38. The van der Waals surface area contributed by atoms with E-state index in [4.69, 9.17) is 0 Å². The monoisotopic (exact) mass is 221 g/mol. The van der Waals surface area contributed by atoms with E-state index in [2.05, 4.69) is 0 Å². The molecule has 1 aliphatic rings. The first-order valence-electron chi connectivity index (χ1n) is 5.20. The van der Waals surface area contributed by atoms with Crippen LogP contribution in [0.5, 0.6) is 0 Å². The Hall–Kier alpha value is -0.960. The molecule has 15 heavy (non-hydrogen) atoms. The Morgan fingerprint density at radius 3 is 2.47 bits per heavy atom. The van der Waals surface area contributed by atoms with E-state index in [-0.39, 0.29) is 5.25 Å². The molecule has 3 heteroatoms. The van der Waals surface area contributed by atoms with E-state index < -0.39 is 5.97 Å². The van der Waals surface area contributed by atoms with Crippen molar-refractivity contribution in [3.8, 4) is 0 Å². The average Bonchev–Trinajstić information content (AvgIpc) is 2.15. The summed E-state index contributed by atoms with van der Waals surface area (Å²) in [5.41, 5.74) is 0. The Balaban J connectivity index is 2.03. The lowest BCUT2D eigenvalue weighted by Crippen LogP contribution is -2.40. The van der Waals surface area contributed by atoms with Gasteiger partial charge in [0.15, 0.2) is 0 Å². The molecular formula is C12H13O2S-. The van der Waals surface area contributed by atoms with Gasteiger partial charge in [0.1, 0.15) is 0 Å². The maximum Gasteiger partial charge on any atom is 0.0551 e. The highest BCUT2D eigenvalue weighted by atomic mass is 32.2. The lowest BCUT2D eigenvalue weighted by Gasteiger charge is -2.33. The van der Waals surface area contributed by atoms with Crippen LogP contribution >= 0.6 is 11.8 Å². The number of carbonyl (C=O) groups is 1. The van der Waals surface area contributed by atoms with Gasteiger partial charge in [0.2, 0.25) is 0 Å². The highest BCUT2D eigenvalue weighted by molar-refractivity contribution is 8.00. The minimum absolute atomic E-state index is 0.306. The van der Waals surface area contributed by atoms with Gasteiger partial charge in [-0.05, 0) is 30.9 Å². The summed E-state index contributed by atoms with van der Waals surface area (Å²) in [6.07, 6.45) is 3.21. The Labute approximate surface area is 93.7 Å². The molecule has 80 valence electrons. The lowest BCUT2D eigenvalue weighted by atomic mass is 9.83. The fraction of sp³-hybridized carbons (Fsp3) is 0.417. The maximum absolute atomic E-state index is 11.0. The number of rotatable bonds is 4. The van der Waals surface area contributed by atoms with Gasteiger partial charge < -0.3 is 9.90 Å². The molecule has 1 aliphatic carbocycles. The van der Waals surface area contributed by atoms with Crippen LogP contribution in [0.1, 0.15) is 19.3 Å². The minimum atomic E-state index is -0.923. The highest BCUT2D eigenvalue weighted by Gasteiger charge is 2.28. The molecule has 0 amide bonds. The molecule has 0 radical (unpaired) electrons. The number of hydrogen-bond acceptors (Lipinski definition) is 3. The summed E-state index contributed by atoms with van der Waals surface area (Å²) in [4.78, 5) is 12.0. The number of carbonyl (C=O) groups excluding carboxylic acids is 1. The van der Waals surface area contributed by atoms with E-state index in [0.717, 1.165) is 24.2 Å². The largest absolute Gasteiger partial charge is 0.549 e. The molecule has 1 aromatic rings. The lowest BCUT2D eigenvalue weighted by molar-refractivity contribution is -0.306. The normalized spacial score (nSPS) is 18.1. The van der Waals surface area contributed by atoms with Gasteiger partial charge in [-0.1, -0.05) is 24.6 Å². The second-order valence-corrected chi connectivity index (χ2v) is 5.08. The fourth-order valence-corrected chi connectivity index (χ4v) is 2.89. The number of carboxylic acid groups (broad SMARTS) is 1. The second-order valence-electron chi connectivity index (χ2n) is 3.86. The standard InChI is InChI=1S/C12H14O2S/c13-12(14)11(9-5-4-6-9)15-10-7-2-1-3-8-10/h1-3,7-9,11H,4-6H2,(H,13,14)/p-1. The van der Waals surface area contributed by atoms with Crippen LogP contribution in [0.15, 0.2) is 35.2 Å². The number of carboxylic acids is 1. The molecule has 2 nitrogen and oxygen atoms in total. The Morgan fingerprint density at radius 1 is 1.33 bits per heavy atom. The smallest absolute Gasteiger partial charge is 0.0551 e. The Bertz CT molecular complexity index is 333. The van der Waals surface area contributed by atoms with E-state index in [0.29, 0.717) is 5.92 Å². The summed E-state index contributed by atoms with van der Waals surface area (Å²) in [5.74, 6) is -0.617. The fourth-order valence-electron chi connectivity index (χ4n) is 1.73. The van der Waals surface area contributed by atoms with E-state index >= 15 is 0 Å². The summed E-state index contributed by atoms with van der Waals surface area (Å²) in [6.45, 7) is 0. The zero-order valence-corrected chi connectivity index (χ0v) is 9.20. The van der Waals surface area contributed by atoms with Gasteiger partial charge in [-0.25, -0.2) is 0 Å². The van der Waals surface area contributed by atoms with Crippen LogP contribution < -0.4 is 5.11 Å². The van der Waals surface area contributed by atoms with E-state index in [1.807, 2.05) is 30.3 Å². The molecule has 0 aromatic heterocycles. The van der Waals surface area contributed by atoms with Crippen LogP contribution in [0.2, 0.25) is 0 Å². The predicted octanol–water partition coefficient (Wildman–Crippen LogP) is 1.70. The van der Waals surface area contributed by atoms with Crippen molar-refractivity contribution >= 4 is 17.7 Å². The van der Waals surface area contributed by atoms with Crippen molar-refractivity contribution in [1.82, 2.24) is 0 Å². The van der Waals surface area contributed by atoms with Crippen molar-refractivity contribution in [2.45, 2.75) is 29.4 Å². The third-order valence-corrected chi connectivity index (χ3v) is 4.19. The number of benzene rings is 1. The third-order valence-electron chi connectivity index (χ3n) is 2.82. The van der Waals surface area contributed by atoms with Crippen molar-refractivity contribution in [3.63, 3.8) is 0 Å². The van der Waals surface area contributed by atoms with Gasteiger partial charge in [-0.2, -0.15) is 0 Å². The number of thioether (sulfide) groups is 1. The predicted molar refractivity (Wildman–Crippen MR) is 58.4 cm³/mol. The summed E-state index contributed by atoms with van der Waals surface area (Å²) in [5, 5.41) is 10.6. The summed E-state index contributed by atoms with van der Waals surface area (Å²) < 4.78 is 0.